The van der Waals surface area contributed by atoms with Crippen LogP contribution in [0.15, 0.2) is 42.5 Å². The van der Waals surface area contributed by atoms with Gasteiger partial charge in [-0.05, 0) is 30.2 Å². The SMILES string of the molecule is COc1cc(C(=O)O)c(C)cc1OCc1ccccc1. The predicted molar refractivity (Wildman–Crippen MR) is 75.5 cm³/mol. The van der Waals surface area contributed by atoms with E-state index in [9.17, 15) is 4.79 Å². The molecule has 0 heterocycles. The highest BCUT2D eigenvalue weighted by Crippen LogP contribution is 2.31. The molecule has 2 rings (SSSR count). The molecular formula is C16H16O4. The molecule has 4 nitrogen and oxygen atoms in total. The van der Waals surface area contributed by atoms with Crippen LogP contribution in [-0.2, 0) is 6.61 Å². The number of methoxy groups -OCH3 is 1. The average molecular weight is 272 g/mol. The van der Waals surface area contributed by atoms with Gasteiger partial charge in [0.15, 0.2) is 11.5 Å². The monoisotopic (exact) mass is 272 g/mol. The minimum Gasteiger partial charge on any atom is -0.493 e. The van der Waals surface area contributed by atoms with Crippen LogP contribution >= 0.6 is 0 Å². The van der Waals surface area contributed by atoms with E-state index in [1.165, 1.54) is 13.2 Å². The van der Waals surface area contributed by atoms with Crippen molar-refractivity contribution in [3.8, 4) is 11.5 Å². The number of carboxylic acids is 1. The van der Waals surface area contributed by atoms with Crippen molar-refractivity contribution in [2.45, 2.75) is 13.5 Å². The molecule has 0 aliphatic heterocycles. The molecule has 0 bridgehead atoms. The van der Waals surface area contributed by atoms with Gasteiger partial charge >= 0.3 is 5.97 Å². The Morgan fingerprint density at radius 3 is 2.45 bits per heavy atom. The van der Waals surface area contributed by atoms with Gasteiger partial charge in [-0.3, -0.25) is 0 Å². The number of carbonyl (C=O) groups is 1. The van der Waals surface area contributed by atoms with E-state index in [0.717, 1.165) is 5.56 Å². The Hall–Kier alpha value is -2.49. The summed E-state index contributed by atoms with van der Waals surface area (Å²) in [7, 11) is 1.49. The lowest BCUT2D eigenvalue weighted by Gasteiger charge is -2.13. The van der Waals surface area contributed by atoms with E-state index in [1.54, 1.807) is 13.0 Å². The van der Waals surface area contributed by atoms with Crippen LogP contribution in [0.4, 0.5) is 0 Å². The van der Waals surface area contributed by atoms with Gasteiger partial charge in [0.1, 0.15) is 6.61 Å². The van der Waals surface area contributed by atoms with E-state index in [-0.39, 0.29) is 5.56 Å². The van der Waals surface area contributed by atoms with E-state index in [0.29, 0.717) is 23.7 Å². The highest BCUT2D eigenvalue weighted by Gasteiger charge is 2.14. The second kappa shape index (κ2) is 6.10. The third kappa shape index (κ3) is 3.09. The maximum absolute atomic E-state index is 11.1. The van der Waals surface area contributed by atoms with Crippen LogP contribution in [0.1, 0.15) is 21.5 Å². The fraction of sp³-hybridized carbons (Fsp3) is 0.188. The van der Waals surface area contributed by atoms with E-state index < -0.39 is 5.97 Å². The van der Waals surface area contributed by atoms with Crippen LogP contribution in [0, 0.1) is 6.92 Å². The van der Waals surface area contributed by atoms with Crippen molar-refractivity contribution >= 4 is 5.97 Å². The summed E-state index contributed by atoms with van der Waals surface area (Å²) in [5.41, 5.74) is 1.89. The molecule has 0 fully saturated rings. The highest BCUT2D eigenvalue weighted by atomic mass is 16.5. The number of rotatable bonds is 5. The molecule has 1 N–H and O–H groups in total. The average Bonchev–Trinajstić information content (AvgIpc) is 2.46. The molecule has 0 radical (unpaired) electrons. The van der Waals surface area contributed by atoms with Crippen LogP contribution in [0.25, 0.3) is 0 Å². The lowest BCUT2D eigenvalue weighted by molar-refractivity contribution is 0.0695. The fourth-order valence-corrected chi connectivity index (χ4v) is 1.90. The van der Waals surface area contributed by atoms with Gasteiger partial charge in [-0.2, -0.15) is 0 Å². The van der Waals surface area contributed by atoms with Crippen LogP contribution < -0.4 is 9.47 Å². The predicted octanol–water partition coefficient (Wildman–Crippen LogP) is 3.28. The second-order valence-electron chi connectivity index (χ2n) is 4.40. The van der Waals surface area contributed by atoms with Crippen LogP contribution in [0.5, 0.6) is 11.5 Å². The van der Waals surface area contributed by atoms with E-state index in [4.69, 9.17) is 14.6 Å². The Labute approximate surface area is 117 Å². The molecule has 0 unspecified atom stereocenters. The molecule has 4 heteroatoms. The van der Waals surface area contributed by atoms with Crippen molar-refractivity contribution in [3.63, 3.8) is 0 Å². The summed E-state index contributed by atoms with van der Waals surface area (Å²) in [6.07, 6.45) is 0. The third-order valence-electron chi connectivity index (χ3n) is 2.98. The Morgan fingerprint density at radius 2 is 1.85 bits per heavy atom. The van der Waals surface area contributed by atoms with Crippen molar-refractivity contribution in [2.75, 3.05) is 7.11 Å². The number of carboxylic acid groups (broad SMARTS) is 1. The summed E-state index contributed by atoms with van der Waals surface area (Å²) in [4.78, 5) is 11.1. The van der Waals surface area contributed by atoms with Gasteiger partial charge < -0.3 is 14.6 Å². The summed E-state index contributed by atoms with van der Waals surface area (Å²) in [5, 5.41) is 9.09. The second-order valence-corrected chi connectivity index (χ2v) is 4.40. The molecule has 104 valence electrons. The first-order valence-corrected chi connectivity index (χ1v) is 6.20. The van der Waals surface area contributed by atoms with Gasteiger partial charge in [-0.25, -0.2) is 4.79 Å². The van der Waals surface area contributed by atoms with E-state index in [2.05, 4.69) is 0 Å². The van der Waals surface area contributed by atoms with Gasteiger partial charge in [-0.15, -0.1) is 0 Å². The first-order chi connectivity index (χ1) is 9.61. The van der Waals surface area contributed by atoms with Gasteiger partial charge in [0.25, 0.3) is 0 Å². The summed E-state index contributed by atoms with van der Waals surface area (Å²) in [5.74, 6) is -0.0156. The molecule has 2 aromatic carbocycles. The van der Waals surface area contributed by atoms with Crippen molar-refractivity contribution in [2.24, 2.45) is 0 Å². The van der Waals surface area contributed by atoms with Crippen molar-refractivity contribution < 1.29 is 19.4 Å². The lowest BCUT2D eigenvalue weighted by Crippen LogP contribution is -2.03. The number of hydrogen-bond acceptors (Lipinski definition) is 3. The standard InChI is InChI=1S/C16H16O4/c1-11-8-15(14(19-2)9-13(11)16(17)18)20-10-12-6-4-3-5-7-12/h3-9H,10H2,1-2H3,(H,17,18). The van der Waals surface area contributed by atoms with E-state index >= 15 is 0 Å². The number of ether oxygens (including phenoxy) is 2. The zero-order valence-electron chi connectivity index (χ0n) is 11.4. The smallest absolute Gasteiger partial charge is 0.336 e. The first kappa shape index (κ1) is 13.9. The van der Waals surface area contributed by atoms with Gasteiger partial charge in [0, 0.05) is 0 Å². The largest absolute Gasteiger partial charge is 0.493 e. The van der Waals surface area contributed by atoms with Crippen molar-refractivity contribution in [1.82, 2.24) is 0 Å². The minimum atomic E-state index is -0.976. The molecule has 0 aromatic heterocycles. The Morgan fingerprint density at radius 1 is 1.15 bits per heavy atom. The number of hydrogen-bond donors (Lipinski definition) is 1. The molecule has 0 saturated heterocycles. The maximum Gasteiger partial charge on any atom is 0.336 e. The molecular weight excluding hydrogens is 256 g/mol. The topological polar surface area (TPSA) is 55.8 Å². The molecule has 2 aromatic rings. The fourth-order valence-electron chi connectivity index (χ4n) is 1.90. The van der Waals surface area contributed by atoms with Crippen molar-refractivity contribution in [1.29, 1.82) is 0 Å². The van der Waals surface area contributed by atoms with Gasteiger partial charge in [0.05, 0.1) is 12.7 Å². The zero-order chi connectivity index (χ0) is 14.5. The van der Waals surface area contributed by atoms with Crippen LogP contribution in [0.3, 0.4) is 0 Å². The number of aryl methyl sites for hydroxylation is 1. The highest BCUT2D eigenvalue weighted by molar-refractivity contribution is 5.90. The Kier molecular flexibility index (Phi) is 4.25. The Balaban J connectivity index is 2.23. The van der Waals surface area contributed by atoms with E-state index in [1.807, 2.05) is 30.3 Å². The molecule has 0 atom stereocenters. The number of aromatic carboxylic acids is 1. The van der Waals surface area contributed by atoms with Gasteiger partial charge in [0.2, 0.25) is 0 Å². The maximum atomic E-state index is 11.1. The molecule has 0 saturated carbocycles. The molecule has 0 amide bonds. The Bertz CT molecular complexity index is 605. The lowest BCUT2D eigenvalue weighted by atomic mass is 10.1. The van der Waals surface area contributed by atoms with Gasteiger partial charge in [-0.1, -0.05) is 30.3 Å². The number of benzene rings is 2. The van der Waals surface area contributed by atoms with Crippen molar-refractivity contribution in [3.05, 3.63) is 59.2 Å². The third-order valence-corrected chi connectivity index (χ3v) is 2.98. The molecule has 0 spiro atoms. The molecule has 20 heavy (non-hydrogen) atoms. The summed E-state index contributed by atoms with van der Waals surface area (Å²) in [6, 6.07) is 12.9. The zero-order valence-corrected chi connectivity index (χ0v) is 11.4. The minimum absolute atomic E-state index is 0.217. The molecule has 0 aliphatic carbocycles. The quantitative estimate of drug-likeness (QED) is 0.907. The van der Waals surface area contributed by atoms with Crippen LogP contribution in [-0.4, -0.2) is 18.2 Å². The normalized spacial score (nSPS) is 10.1. The molecule has 0 aliphatic rings. The van der Waals surface area contributed by atoms with Crippen LogP contribution in [0.2, 0.25) is 0 Å². The summed E-state index contributed by atoms with van der Waals surface area (Å²) in [6.45, 7) is 2.14. The summed E-state index contributed by atoms with van der Waals surface area (Å²) < 4.78 is 10.9. The summed E-state index contributed by atoms with van der Waals surface area (Å²) >= 11 is 0. The first-order valence-electron chi connectivity index (χ1n) is 6.20.